The maximum absolute atomic E-state index is 6.24. The van der Waals surface area contributed by atoms with E-state index in [1.54, 1.807) is 0 Å². The molecule has 106 valence electrons. The van der Waals surface area contributed by atoms with Gasteiger partial charge in [-0.3, -0.25) is 0 Å². The van der Waals surface area contributed by atoms with Crippen molar-refractivity contribution in [1.29, 1.82) is 0 Å². The van der Waals surface area contributed by atoms with E-state index >= 15 is 0 Å². The molecular formula is C17H20ClNO. The van der Waals surface area contributed by atoms with Crippen molar-refractivity contribution in [3.05, 3.63) is 64.7 Å². The number of nitrogens with one attached hydrogen (secondary N) is 1. The van der Waals surface area contributed by atoms with Gasteiger partial charge in [0.2, 0.25) is 0 Å². The Kier molecular flexibility index (Phi) is 5.90. The Morgan fingerprint density at radius 1 is 1.05 bits per heavy atom. The molecule has 0 aliphatic carbocycles. The SMILES string of the molecule is CCNCc1cccc(Cl)c1OCCc1ccccc1. The Morgan fingerprint density at radius 3 is 2.60 bits per heavy atom. The molecule has 0 spiro atoms. The lowest BCUT2D eigenvalue weighted by Gasteiger charge is -2.13. The van der Waals surface area contributed by atoms with Gasteiger partial charge in [-0.25, -0.2) is 0 Å². The molecule has 0 aliphatic rings. The van der Waals surface area contributed by atoms with Crippen LogP contribution in [-0.4, -0.2) is 13.2 Å². The van der Waals surface area contributed by atoms with Gasteiger partial charge in [0.05, 0.1) is 11.6 Å². The predicted molar refractivity (Wildman–Crippen MR) is 84.5 cm³/mol. The molecule has 0 heterocycles. The molecule has 0 atom stereocenters. The average molecular weight is 290 g/mol. The van der Waals surface area contributed by atoms with Crippen LogP contribution in [0.25, 0.3) is 0 Å². The maximum Gasteiger partial charge on any atom is 0.142 e. The van der Waals surface area contributed by atoms with E-state index < -0.39 is 0 Å². The molecule has 2 nitrogen and oxygen atoms in total. The molecule has 20 heavy (non-hydrogen) atoms. The van der Waals surface area contributed by atoms with Crippen molar-refractivity contribution in [2.45, 2.75) is 19.9 Å². The Labute approximate surface area is 125 Å². The fraction of sp³-hybridized carbons (Fsp3) is 0.294. The van der Waals surface area contributed by atoms with Crippen molar-refractivity contribution in [2.75, 3.05) is 13.2 Å². The second kappa shape index (κ2) is 7.93. The van der Waals surface area contributed by atoms with Crippen LogP contribution in [0.5, 0.6) is 5.75 Å². The zero-order valence-corrected chi connectivity index (χ0v) is 12.5. The molecule has 2 rings (SSSR count). The van der Waals surface area contributed by atoms with Crippen LogP contribution in [0.2, 0.25) is 5.02 Å². The van der Waals surface area contributed by atoms with Gasteiger partial charge in [0.15, 0.2) is 0 Å². The van der Waals surface area contributed by atoms with E-state index in [1.165, 1.54) is 5.56 Å². The molecule has 0 saturated heterocycles. The van der Waals surface area contributed by atoms with Crippen LogP contribution in [0.3, 0.4) is 0 Å². The molecule has 1 N–H and O–H groups in total. The highest BCUT2D eigenvalue weighted by molar-refractivity contribution is 6.32. The fourth-order valence-corrected chi connectivity index (χ4v) is 2.28. The van der Waals surface area contributed by atoms with E-state index in [2.05, 4.69) is 24.4 Å². The normalized spacial score (nSPS) is 10.5. The summed E-state index contributed by atoms with van der Waals surface area (Å²) in [7, 11) is 0. The molecule has 0 amide bonds. The summed E-state index contributed by atoms with van der Waals surface area (Å²) < 4.78 is 5.90. The van der Waals surface area contributed by atoms with E-state index in [0.29, 0.717) is 11.6 Å². The third-order valence-corrected chi connectivity index (χ3v) is 3.39. The highest BCUT2D eigenvalue weighted by atomic mass is 35.5. The Hall–Kier alpha value is -1.51. The van der Waals surface area contributed by atoms with Gasteiger partial charge in [-0.2, -0.15) is 0 Å². The summed E-state index contributed by atoms with van der Waals surface area (Å²) in [4.78, 5) is 0. The average Bonchev–Trinajstić information content (AvgIpc) is 2.48. The zero-order chi connectivity index (χ0) is 14.2. The number of ether oxygens (including phenoxy) is 1. The van der Waals surface area contributed by atoms with E-state index in [-0.39, 0.29) is 0 Å². The van der Waals surface area contributed by atoms with Crippen molar-refractivity contribution < 1.29 is 4.74 Å². The molecule has 0 aliphatic heterocycles. The first-order valence-corrected chi connectivity index (χ1v) is 7.34. The summed E-state index contributed by atoms with van der Waals surface area (Å²) in [6.45, 7) is 4.42. The summed E-state index contributed by atoms with van der Waals surface area (Å²) in [6.07, 6.45) is 0.882. The van der Waals surface area contributed by atoms with E-state index in [9.17, 15) is 0 Å². The van der Waals surface area contributed by atoms with Gasteiger partial charge in [0, 0.05) is 18.5 Å². The second-order valence-corrected chi connectivity index (χ2v) is 5.00. The highest BCUT2D eigenvalue weighted by Crippen LogP contribution is 2.28. The van der Waals surface area contributed by atoms with Crippen LogP contribution in [0, 0.1) is 0 Å². The summed E-state index contributed by atoms with van der Waals surface area (Å²) in [5.74, 6) is 0.797. The smallest absolute Gasteiger partial charge is 0.142 e. The molecule has 0 bridgehead atoms. The predicted octanol–water partition coefficient (Wildman–Crippen LogP) is 4.07. The second-order valence-electron chi connectivity index (χ2n) is 4.59. The number of halogens is 1. The molecule has 0 unspecified atom stereocenters. The Morgan fingerprint density at radius 2 is 1.85 bits per heavy atom. The molecule has 2 aromatic carbocycles. The first-order valence-electron chi connectivity index (χ1n) is 6.96. The molecule has 0 aromatic heterocycles. The van der Waals surface area contributed by atoms with Gasteiger partial charge < -0.3 is 10.1 Å². The zero-order valence-electron chi connectivity index (χ0n) is 11.7. The number of hydrogen-bond donors (Lipinski definition) is 1. The molecule has 3 heteroatoms. The van der Waals surface area contributed by atoms with Crippen LogP contribution in [0.15, 0.2) is 48.5 Å². The molecule has 0 saturated carbocycles. The van der Waals surface area contributed by atoms with Crippen LogP contribution in [0.4, 0.5) is 0 Å². The lowest BCUT2D eigenvalue weighted by Crippen LogP contribution is -2.13. The minimum atomic E-state index is 0.632. The first kappa shape index (κ1) is 14.9. The topological polar surface area (TPSA) is 21.3 Å². The lowest BCUT2D eigenvalue weighted by atomic mass is 10.1. The van der Waals surface area contributed by atoms with Gasteiger partial charge in [-0.15, -0.1) is 0 Å². The minimum Gasteiger partial charge on any atom is -0.491 e. The molecule has 2 aromatic rings. The Bertz CT molecular complexity index is 528. The van der Waals surface area contributed by atoms with Crippen LogP contribution in [-0.2, 0) is 13.0 Å². The van der Waals surface area contributed by atoms with Gasteiger partial charge in [0.25, 0.3) is 0 Å². The van der Waals surface area contributed by atoms with Crippen molar-refractivity contribution in [3.8, 4) is 5.75 Å². The van der Waals surface area contributed by atoms with Gasteiger partial charge in [-0.1, -0.05) is 61.0 Å². The summed E-state index contributed by atoms with van der Waals surface area (Å²) in [6, 6.07) is 16.2. The summed E-state index contributed by atoms with van der Waals surface area (Å²) in [5.41, 5.74) is 2.38. The van der Waals surface area contributed by atoms with Gasteiger partial charge >= 0.3 is 0 Å². The largest absolute Gasteiger partial charge is 0.491 e. The third-order valence-electron chi connectivity index (χ3n) is 3.09. The first-order chi connectivity index (χ1) is 9.81. The fourth-order valence-electron chi connectivity index (χ4n) is 2.03. The van der Waals surface area contributed by atoms with Gasteiger partial charge in [0.1, 0.15) is 5.75 Å². The van der Waals surface area contributed by atoms with E-state index in [0.717, 1.165) is 30.8 Å². The molecule has 0 radical (unpaired) electrons. The van der Waals surface area contributed by atoms with Crippen molar-refractivity contribution in [1.82, 2.24) is 5.32 Å². The Balaban J connectivity index is 1.97. The van der Waals surface area contributed by atoms with E-state index in [4.69, 9.17) is 16.3 Å². The van der Waals surface area contributed by atoms with E-state index in [1.807, 2.05) is 36.4 Å². The number of para-hydroxylation sites is 1. The molecule has 0 fully saturated rings. The lowest BCUT2D eigenvalue weighted by molar-refractivity contribution is 0.318. The van der Waals surface area contributed by atoms with Crippen LogP contribution >= 0.6 is 11.6 Å². The van der Waals surface area contributed by atoms with Crippen molar-refractivity contribution in [2.24, 2.45) is 0 Å². The maximum atomic E-state index is 6.24. The van der Waals surface area contributed by atoms with Gasteiger partial charge in [-0.05, 0) is 18.2 Å². The summed E-state index contributed by atoms with van der Waals surface area (Å²) in [5, 5.41) is 3.98. The quantitative estimate of drug-likeness (QED) is 0.829. The van der Waals surface area contributed by atoms with Crippen molar-refractivity contribution in [3.63, 3.8) is 0 Å². The summed E-state index contributed by atoms with van der Waals surface area (Å²) >= 11 is 6.24. The standard InChI is InChI=1S/C17H20ClNO/c1-2-19-13-15-9-6-10-16(18)17(15)20-12-11-14-7-4-3-5-8-14/h3-10,19H,2,11-13H2,1H3. The number of benzene rings is 2. The number of hydrogen-bond acceptors (Lipinski definition) is 2. The minimum absolute atomic E-state index is 0.632. The highest BCUT2D eigenvalue weighted by Gasteiger charge is 2.08. The van der Waals surface area contributed by atoms with Crippen molar-refractivity contribution >= 4 is 11.6 Å². The number of rotatable bonds is 7. The molecular weight excluding hydrogens is 270 g/mol. The van der Waals surface area contributed by atoms with Crippen LogP contribution in [0.1, 0.15) is 18.1 Å². The van der Waals surface area contributed by atoms with Crippen LogP contribution < -0.4 is 10.1 Å². The third kappa shape index (κ3) is 4.26. The monoisotopic (exact) mass is 289 g/mol.